The molecule has 0 aromatic heterocycles. The topological polar surface area (TPSA) is 9.23 Å². The van der Waals surface area contributed by atoms with E-state index in [9.17, 15) is 0 Å². The second-order valence-electron chi connectivity index (χ2n) is 10.9. The fourth-order valence-electron chi connectivity index (χ4n) is 7.69. The van der Waals surface area contributed by atoms with Gasteiger partial charge in [0.25, 0.3) is 0 Å². The summed E-state index contributed by atoms with van der Waals surface area (Å²) in [7, 11) is -2.05. The molecule has 172 valence electrons. The fourth-order valence-corrected chi connectivity index (χ4v) is 14.8. The molecule has 1 nitrogen and oxygen atoms in total. The lowest BCUT2D eigenvalue weighted by molar-refractivity contribution is 0.179. The average Bonchev–Trinajstić information content (AvgIpc) is 2.86. The summed E-state index contributed by atoms with van der Waals surface area (Å²) in [5.41, 5.74) is 8.34. The fraction of sp³-hybridized carbons (Fsp3) is 0.600. The predicted octanol–water partition coefficient (Wildman–Crippen LogP) is 9.15. The highest BCUT2D eigenvalue weighted by Crippen LogP contribution is 2.60. The number of hydrogen-bond donors (Lipinski definition) is 0. The van der Waals surface area contributed by atoms with E-state index in [2.05, 4.69) is 62.4 Å². The van der Waals surface area contributed by atoms with Gasteiger partial charge in [-0.25, -0.2) is 0 Å². The lowest BCUT2D eigenvalue weighted by Crippen LogP contribution is -2.57. The van der Waals surface area contributed by atoms with Crippen molar-refractivity contribution >= 4 is 8.32 Å². The minimum Gasteiger partial charge on any atom is -0.405 e. The summed E-state index contributed by atoms with van der Waals surface area (Å²) >= 11 is 0. The van der Waals surface area contributed by atoms with Crippen LogP contribution < -0.4 is 0 Å². The lowest BCUT2D eigenvalue weighted by Gasteiger charge is -2.56. The van der Waals surface area contributed by atoms with Crippen LogP contribution in [0.25, 0.3) is 0 Å². The first-order valence-electron chi connectivity index (χ1n) is 13.6. The van der Waals surface area contributed by atoms with Gasteiger partial charge < -0.3 is 4.43 Å². The van der Waals surface area contributed by atoms with Crippen molar-refractivity contribution in [2.24, 2.45) is 0 Å². The second kappa shape index (κ2) is 9.85. The molecule has 2 aromatic carbocycles. The van der Waals surface area contributed by atoms with Crippen molar-refractivity contribution in [3.8, 4) is 0 Å². The Bertz CT molecular complexity index is 861. The maximum absolute atomic E-state index is 7.85. The van der Waals surface area contributed by atoms with Gasteiger partial charge in [-0.15, -0.1) is 0 Å². The zero-order valence-corrected chi connectivity index (χ0v) is 21.3. The monoisotopic (exact) mass is 446 g/mol. The first kappa shape index (κ1) is 22.4. The molecule has 0 amide bonds. The molecule has 5 rings (SSSR count). The quantitative estimate of drug-likeness (QED) is 0.416. The third-order valence-corrected chi connectivity index (χ3v) is 15.1. The molecule has 0 N–H and O–H groups in total. The standard InChI is InChI=1S/C30H42OSi/c1-3-14-28-27-22-13-15-23(2)29(27)30(24-16-7-4-8-17-24)31-32(28,25-18-9-5-10-19-25)26-20-11-6-12-21-26/h4,7-8,13,15-17,22,25-26,28,30H,3,5-6,9-12,14,18-21H2,1-2H3/t28-,30+/m0/s1. The van der Waals surface area contributed by atoms with Crippen LogP contribution in [0.2, 0.25) is 11.1 Å². The molecule has 32 heavy (non-hydrogen) atoms. The van der Waals surface area contributed by atoms with Crippen LogP contribution in [-0.2, 0) is 4.43 Å². The molecule has 2 saturated carbocycles. The largest absolute Gasteiger partial charge is 0.405 e. The molecule has 2 atom stereocenters. The number of hydrogen-bond acceptors (Lipinski definition) is 1. The van der Waals surface area contributed by atoms with Gasteiger partial charge in [0, 0.05) is 5.54 Å². The van der Waals surface area contributed by atoms with Gasteiger partial charge in [0.05, 0.1) is 6.10 Å². The van der Waals surface area contributed by atoms with E-state index < -0.39 is 8.32 Å². The van der Waals surface area contributed by atoms with Crippen molar-refractivity contribution in [1.29, 1.82) is 0 Å². The summed E-state index contributed by atoms with van der Waals surface area (Å²) in [5.74, 6) is 0. The van der Waals surface area contributed by atoms with E-state index in [-0.39, 0.29) is 6.10 Å². The molecular formula is C30H42OSi. The van der Waals surface area contributed by atoms with Crippen LogP contribution in [0.3, 0.4) is 0 Å². The molecule has 2 aliphatic carbocycles. The number of fused-ring (bicyclic) bond motifs is 1. The van der Waals surface area contributed by atoms with E-state index in [4.69, 9.17) is 4.43 Å². The zero-order valence-electron chi connectivity index (χ0n) is 20.3. The van der Waals surface area contributed by atoms with Gasteiger partial charge in [0.15, 0.2) is 0 Å². The summed E-state index contributed by atoms with van der Waals surface area (Å²) in [5, 5.41) is 0. The average molecular weight is 447 g/mol. The van der Waals surface area contributed by atoms with E-state index in [0.29, 0.717) is 5.54 Å². The number of benzene rings is 2. The molecule has 3 aliphatic rings. The predicted molar refractivity (Wildman–Crippen MR) is 138 cm³/mol. The van der Waals surface area contributed by atoms with Gasteiger partial charge in [0.2, 0.25) is 8.32 Å². The molecule has 2 heteroatoms. The Balaban J connectivity index is 1.71. The van der Waals surface area contributed by atoms with Crippen molar-refractivity contribution in [3.63, 3.8) is 0 Å². The lowest BCUT2D eigenvalue weighted by atomic mass is 9.90. The SMILES string of the molecule is CCC[C@H]1c2cccc(C)c2[C@@H](c2ccccc2)O[Si]1(C1CCCCC1)C1CCCCC1. The van der Waals surface area contributed by atoms with Gasteiger partial charge in [-0.3, -0.25) is 0 Å². The van der Waals surface area contributed by atoms with Crippen LogP contribution >= 0.6 is 0 Å². The Morgan fingerprint density at radius 1 is 0.781 bits per heavy atom. The summed E-state index contributed by atoms with van der Waals surface area (Å²) in [6.07, 6.45) is 17.0. The third-order valence-electron chi connectivity index (χ3n) is 9.03. The smallest absolute Gasteiger partial charge is 0.207 e. The first-order valence-corrected chi connectivity index (χ1v) is 15.7. The Morgan fingerprint density at radius 3 is 2.00 bits per heavy atom. The summed E-state index contributed by atoms with van der Waals surface area (Å²) in [4.78, 5) is 0. The Morgan fingerprint density at radius 2 is 1.41 bits per heavy atom. The summed E-state index contributed by atoms with van der Waals surface area (Å²) < 4.78 is 7.85. The molecule has 0 saturated heterocycles. The molecule has 1 aliphatic heterocycles. The van der Waals surface area contributed by atoms with Crippen molar-refractivity contribution in [1.82, 2.24) is 0 Å². The molecule has 0 bridgehead atoms. The van der Waals surface area contributed by atoms with Crippen LogP contribution in [0.1, 0.15) is 118 Å². The highest BCUT2D eigenvalue weighted by molar-refractivity contribution is 6.78. The number of aryl methyl sites for hydroxylation is 1. The van der Waals surface area contributed by atoms with Gasteiger partial charge in [-0.2, -0.15) is 0 Å². The van der Waals surface area contributed by atoms with Crippen LogP contribution in [-0.4, -0.2) is 8.32 Å². The van der Waals surface area contributed by atoms with E-state index >= 15 is 0 Å². The van der Waals surface area contributed by atoms with Gasteiger partial charge in [-0.1, -0.05) is 126 Å². The summed E-state index contributed by atoms with van der Waals surface area (Å²) in [6, 6.07) is 18.4. The Labute approximate surface area is 197 Å². The van der Waals surface area contributed by atoms with E-state index in [1.807, 2.05) is 0 Å². The van der Waals surface area contributed by atoms with Crippen molar-refractivity contribution in [2.75, 3.05) is 0 Å². The van der Waals surface area contributed by atoms with Gasteiger partial charge in [-0.05, 0) is 46.7 Å². The molecule has 1 heterocycles. The Hall–Kier alpha value is -1.38. The first-order chi connectivity index (χ1) is 15.8. The van der Waals surface area contributed by atoms with Crippen molar-refractivity contribution < 1.29 is 4.43 Å². The third kappa shape index (κ3) is 3.92. The number of rotatable bonds is 5. The van der Waals surface area contributed by atoms with Crippen LogP contribution in [0.4, 0.5) is 0 Å². The molecule has 0 unspecified atom stereocenters. The maximum atomic E-state index is 7.85. The van der Waals surface area contributed by atoms with Crippen molar-refractivity contribution in [3.05, 3.63) is 70.8 Å². The van der Waals surface area contributed by atoms with Crippen LogP contribution in [0.15, 0.2) is 48.5 Å². The maximum Gasteiger partial charge on any atom is 0.207 e. The second-order valence-corrected chi connectivity index (χ2v) is 15.1. The van der Waals surface area contributed by atoms with Crippen LogP contribution in [0.5, 0.6) is 0 Å². The highest BCUT2D eigenvalue weighted by Gasteiger charge is 2.59. The molecule has 0 spiro atoms. The van der Waals surface area contributed by atoms with Crippen LogP contribution in [0, 0.1) is 6.92 Å². The molecule has 2 fully saturated rings. The van der Waals surface area contributed by atoms with Gasteiger partial charge >= 0.3 is 0 Å². The highest BCUT2D eigenvalue weighted by atomic mass is 28.4. The van der Waals surface area contributed by atoms with E-state index in [1.54, 1.807) is 5.56 Å². The Kier molecular flexibility index (Phi) is 6.90. The van der Waals surface area contributed by atoms with E-state index in [1.165, 1.54) is 93.7 Å². The van der Waals surface area contributed by atoms with E-state index in [0.717, 1.165) is 11.1 Å². The zero-order chi connectivity index (χ0) is 22.0. The normalized spacial score (nSPS) is 26.6. The summed E-state index contributed by atoms with van der Waals surface area (Å²) in [6.45, 7) is 4.72. The molecule has 0 radical (unpaired) electrons. The van der Waals surface area contributed by atoms with Gasteiger partial charge in [0.1, 0.15) is 0 Å². The van der Waals surface area contributed by atoms with Crippen molar-refractivity contribution in [2.45, 2.75) is 114 Å². The minimum absolute atomic E-state index is 0.135. The molecular weight excluding hydrogens is 404 g/mol. The molecule has 2 aromatic rings. The minimum atomic E-state index is -2.05.